The zero-order valence-electron chi connectivity index (χ0n) is 10.9. The molecule has 0 aliphatic carbocycles. The van der Waals surface area contributed by atoms with Crippen LogP contribution in [0.25, 0.3) is 6.08 Å². The van der Waals surface area contributed by atoms with E-state index in [1.165, 1.54) is 4.90 Å². The molecule has 0 radical (unpaired) electrons. The molecule has 0 atom stereocenters. The maximum atomic E-state index is 5.43. The van der Waals surface area contributed by atoms with E-state index < -0.39 is 0 Å². The van der Waals surface area contributed by atoms with E-state index in [0.717, 1.165) is 26.9 Å². The van der Waals surface area contributed by atoms with Crippen LogP contribution < -0.4 is 10.1 Å². The fraction of sp³-hybridized carbons (Fsp3) is 0.0625. The van der Waals surface area contributed by atoms with Crippen molar-refractivity contribution >= 4 is 40.7 Å². The molecule has 0 bridgehead atoms. The SMILES string of the molecule is COc1ccc(/C=C2\Sc3ccccc3NC2=S)cc1. The first kappa shape index (κ1) is 13.2. The summed E-state index contributed by atoms with van der Waals surface area (Å²) in [6, 6.07) is 16.1. The fourth-order valence-electron chi connectivity index (χ4n) is 1.95. The van der Waals surface area contributed by atoms with Gasteiger partial charge in [-0.2, -0.15) is 0 Å². The Morgan fingerprint density at radius 2 is 1.85 bits per heavy atom. The van der Waals surface area contributed by atoms with Crippen LogP contribution in [-0.4, -0.2) is 12.1 Å². The predicted molar refractivity (Wildman–Crippen MR) is 89.5 cm³/mol. The van der Waals surface area contributed by atoms with Crippen molar-refractivity contribution in [1.29, 1.82) is 0 Å². The van der Waals surface area contributed by atoms with Crippen molar-refractivity contribution in [2.45, 2.75) is 4.90 Å². The third-order valence-electron chi connectivity index (χ3n) is 2.99. The number of para-hydroxylation sites is 1. The highest BCUT2D eigenvalue weighted by Crippen LogP contribution is 2.39. The van der Waals surface area contributed by atoms with Crippen LogP contribution >= 0.6 is 24.0 Å². The van der Waals surface area contributed by atoms with Crippen LogP contribution in [0.2, 0.25) is 0 Å². The van der Waals surface area contributed by atoms with Crippen molar-refractivity contribution in [1.82, 2.24) is 0 Å². The maximum Gasteiger partial charge on any atom is 0.118 e. The molecule has 1 N–H and O–H groups in total. The van der Waals surface area contributed by atoms with Crippen LogP contribution in [0.5, 0.6) is 5.75 Å². The molecule has 2 aromatic rings. The molecule has 3 rings (SSSR count). The van der Waals surface area contributed by atoms with Gasteiger partial charge in [0, 0.05) is 9.80 Å². The Morgan fingerprint density at radius 3 is 2.60 bits per heavy atom. The van der Waals surface area contributed by atoms with Gasteiger partial charge in [0.25, 0.3) is 0 Å². The van der Waals surface area contributed by atoms with Gasteiger partial charge in [0.05, 0.1) is 12.8 Å². The first-order valence-electron chi connectivity index (χ1n) is 6.20. The summed E-state index contributed by atoms with van der Waals surface area (Å²) in [6.45, 7) is 0. The molecule has 0 aromatic heterocycles. The average molecular weight is 299 g/mol. The quantitative estimate of drug-likeness (QED) is 0.647. The number of thioether (sulfide) groups is 1. The average Bonchev–Trinajstić information content (AvgIpc) is 2.49. The van der Waals surface area contributed by atoms with Gasteiger partial charge in [-0.15, -0.1) is 0 Å². The first-order chi connectivity index (χ1) is 9.76. The number of benzene rings is 2. The van der Waals surface area contributed by atoms with Crippen LogP contribution in [-0.2, 0) is 0 Å². The summed E-state index contributed by atoms with van der Waals surface area (Å²) in [5.41, 5.74) is 2.19. The number of hydrogen-bond donors (Lipinski definition) is 1. The Labute approximate surface area is 127 Å². The summed E-state index contributed by atoms with van der Waals surface area (Å²) in [5, 5.41) is 3.27. The molecule has 1 heterocycles. The summed E-state index contributed by atoms with van der Waals surface area (Å²) in [6.07, 6.45) is 2.09. The minimum Gasteiger partial charge on any atom is -0.497 e. The number of methoxy groups -OCH3 is 1. The molecule has 0 saturated heterocycles. The van der Waals surface area contributed by atoms with Crippen molar-refractivity contribution < 1.29 is 4.74 Å². The van der Waals surface area contributed by atoms with Crippen molar-refractivity contribution in [3.63, 3.8) is 0 Å². The highest BCUT2D eigenvalue weighted by atomic mass is 32.2. The van der Waals surface area contributed by atoms with Gasteiger partial charge in [0.1, 0.15) is 10.7 Å². The number of anilines is 1. The number of ether oxygens (including phenoxy) is 1. The van der Waals surface area contributed by atoms with Crippen molar-refractivity contribution in [2.75, 3.05) is 12.4 Å². The standard InChI is InChI=1S/C16H13NOS2/c1-18-12-8-6-11(7-9-12)10-15-16(19)17-13-4-2-3-5-14(13)20-15/h2-10H,1H3,(H,17,19)/b15-10-. The minimum absolute atomic E-state index is 0.768. The normalized spacial score (nSPS) is 15.7. The van der Waals surface area contributed by atoms with Crippen molar-refractivity contribution in [3.05, 3.63) is 59.0 Å². The summed E-state index contributed by atoms with van der Waals surface area (Å²) >= 11 is 7.12. The van der Waals surface area contributed by atoms with Gasteiger partial charge in [-0.05, 0) is 35.9 Å². The van der Waals surface area contributed by atoms with Crippen LogP contribution in [0.4, 0.5) is 5.69 Å². The Morgan fingerprint density at radius 1 is 1.10 bits per heavy atom. The molecule has 0 fully saturated rings. The lowest BCUT2D eigenvalue weighted by molar-refractivity contribution is 0.415. The molecule has 4 heteroatoms. The molecule has 100 valence electrons. The van der Waals surface area contributed by atoms with Crippen LogP contribution in [0.15, 0.2) is 58.3 Å². The smallest absolute Gasteiger partial charge is 0.118 e. The van der Waals surface area contributed by atoms with E-state index >= 15 is 0 Å². The Balaban J connectivity index is 1.90. The zero-order chi connectivity index (χ0) is 13.9. The number of fused-ring (bicyclic) bond motifs is 1. The molecule has 0 saturated carbocycles. The molecule has 2 nitrogen and oxygen atoms in total. The third-order valence-corrected chi connectivity index (χ3v) is 4.56. The second-order valence-electron chi connectivity index (χ2n) is 4.33. The monoisotopic (exact) mass is 299 g/mol. The van der Waals surface area contributed by atoms with E-state index in [4.69, 9.17) is 17.0 Å². The molecule has 0 spiro atoms. The highest BCUT2D eigenvalue weighted by Gasteiger charge is 2.17. The Bertz CT molecular complexity index is 677. The second kappa shape index (κ2) is 5.69. The van der Waals surface area contributed by atoms with Gasteiger partial charge in [-0.3, -0.25) is 0 Å². The lowest BCUT2D eigenvalue weighted by Gasteiger charge is -2.20. The Hall–Kier alpha value is -1.78. The summed E-state index contributed by atoms with van der Waals surface area (Å²) < 4.78 is 5.16. The molecule has 1 aliphatic rings. The molecule has 20 heavy (non-hydrogen) atoms. The molecule has 0 unspecified atom stereocenters. The van der Waals surface area contributed by atoms with Gasteiger partial charge in [-0.25, -0.2) is 0 Å². The van der Waals surface area contributed by atoms with E-state index in [9.17, 15) is 0 Å². The fourth-order valence-corrected chi connectivity index (χ4v) is 3.20. The van der Waals surface area contributed by atoms with E-state index in [1.54, 1.807) is 18.9 Å². The van der Waals surface area contributed by atoms with Gasteiger partial charge < -0.3 is 10.1 Å². The van der Waals surface area contributed by atoms with E-state index in [-0.39, 0.29) is 0 Å². The van der Waals surface area contributed by atoms with E-state index in [1.807, 2.05) is 42.5 Å². The highest BCUT2D eigenvalue weighted by molar-refractivity contribution is 8.05. The lowest BCUT2D eigenvalue weighted by atomic mass is 10.2. The summed E-state index contributed by atoms with van der Waals surface area (Å²) in [7, 11) is 1.67. The maximum absolute atomic E-state index is 5.43. The summed E-state index contributed by atoms with van der Waals surface area (Å²) in [5.74, 6) is 0.856. The number of nitrogens with one attached hydrogen (secondary N) is 1. The second-order valence-corrected chi connectivity index (χ2v) is 5.83. The van der Waals surface area contributed by atoms with E-state index in [0.29, 0.717) is 0 Å². The lowest BCUT2D eigenvalue weighted by Crippen LogP contribution is -2.14. The van der Waals surface area contributed by atoms with Crippen molar-refractivity contribution in [3.8, 4) is 5.75 Å². The van der Waals surface area contributed by atoms with Crippen LogP contribution in [0.3, 0.4) is 0 Å². The van der Waals surface area contributed by atoms with Crippen molar-refractivity contribution in [2.24, 2.45) is 0 Å². The van der Waals surface area contributed by atoms with Gasteiger partial charge in [0.2, 0.25) is 0 Å². The predicted octanol–water partition coefficient (Wildman–Crippen LogP) is 4.58. The first-order valence-corrected chi connectivity index (χ1v) is 7.43. The van der Waals surface area contributed by atoms with Crippen LogP contribution in [0.1, 0.15) is 5.56 Å². The van der Waals surface area contributed by atoms with Gasteiger partial charge in [0.15, 0.2) is 0 Å². The number of thiocarbonyl (C=S) groups is 1. The molecule has 0 amide bonds. The largest absolute Gasteiger partial charge is 0.497 e. The van der Waals surface area contributed by atoms with Crippen LogP contribution in [0, 0.1) is 0 Å². The van der Waals surface area contributed by atoms with Gasteiger partial charge >= 0.3 is 0 Å². The number of hydrogen-bond acceptors (Lipinski definition) is 3. The zero-order valence-corrected chi connectivity index (χ0v) is 12.6. The third kappa shape index (κ3) is 2.71. The Kier molecular flexibility index (Phi) is 3.76. The molecular formula is C16H13NOS2. The van der Waals surface area contributed by atoms with E-state index in [2.05, 4.69) is 17.5 Å². The van der Waals surface area contributed by atoms with Gasteiger partial charge in [-0.1, -0.05) is 48.2 Å². The topological polar surface area (TPSA) is 21.3 Å². The number of rotatable bonds is 2. The molecular weight excluding hydrogens is 286 g/mol. The minimum atomic E-state index is 0.768. The molecule has 2 aromatic carbocycles. The molecule has 1 aliphatic heterocycles. The summed E-state index contributed by atoms with van der Waals surface area (Å²) in [4.78, 5) is 3.02.